The van der Waals surface area contributed by atoms with E-state index in [9.17, 15) is 8.42 Å². The second kappa shape index (κ2) is 6.34. The summed E-state index contributed by atoms with van der Waals surface area (Å²) >= 11 is 3.29. The third-order valence-electron chi connectivity index (χ3n) is 3.02. The average Bonchev–Trinajstić information content (AvgIpc) is 2.78. The molecule has 0 spiro atoms. The molecular formula is C11H16BrClN2O2S. The Labute approximate surface area is 122 Å². The topological polar surface area (TPSA) is 63.4 Å². The van der Waals surface area contributed by atoms with E-state index in [1.165, 1.54) is 4.31 Å². The highest BCUT2D eigenvalue weighted by Crippen LogP contribution is 2.25. The SMILES string of the molecule is Cl.NCC1CCN(S(=O)(=O)c2cccc(Br)c2)C1. The molecule has 1 atom stereocenters. The molecule has 2 rings (SSSR count). The van der Waals surface area contributed by atoms with Crippen LogP contribution in [0.4, 0.5) is 0 Å². The van der Waals surface area contributed by atoms with Gasteiger partial charge in [-0.25, -0.2) is 8.42 Å². The first-order chi connectivity index (χ1) is 8.04. The van der Waals surface area contributed by atoms with Crippen LogP contribution >= 0.6 is 28.3 Å². The van der Waals surface area contributed by atoms with Crippen LogP contribution in [-0.2, 0) is 10.0 Å². The molecule has 1 saturated heterocycles. The summed E-state index contributed by atoms with van der Waals surface area (Å²) < 4.78 is 26.9. The normalized spacial score (nSPS) is 20.7. The molecule has 1 aliphatic rings. The van der Waals surface area contributed by atoms with Gasteiger partial charge in [0, 0.05) is 17.6 Å². The highest BCUT2D eigenvalue weighted by Gasteiger charge is 2.31. The Kier molecular flexibility index (Phi) is 5.61. The predicted octanol–water partition coefficient (Wildman–Crippen LogP) is 1.84. The fourth-order valence-corrected chi connectivity index (χ4v) is 4.11. The van der Waals surface area contributed by atoms with Crippen molar-refractivity contribution < 1.29 is 8.42 Å². The van der Waals surface area contributed by atoms with E-state index in [2.05, 4.69) is 15.9 Å². The average molecular weight is 356 g/mol. The number of nitrogens with zero attached hydrogens (tertiary/aromatic N) is 1. The van der Waals surface area contributed by atoms with Gasteiger partial charge >= 0.3 is 0 Å². The number of benzene rings is 1. The van der Waals surface area contributed by atoms with E-state index < -0.39 is 10.0 Å². The number of hydrogen-bond acceptors (Lipinski definition) is 3. The van der Waals surface area contributed by atoms with Crippen LogP contribution in [0.5, 0.6) is 0 Å². The molecule has 0 saturated carbocycles. The van der Waals surface area contributed by atoms with E-state index >= 15 is 0 Å². The molecule has 0 aromatic heterocycles. The Hall–Kier alpha value is -0.140. The molecule has 1 aliphatic heterocycles. The summed E-state index contributed by atoms with van der Waals surface area (Å²) in [7, 11) is -3.36. The van der Waals surface area contributed by atoms with Gasteiger partial charge in [-0.05, 0) is 37.1 Å². The van der Waals surface area contributed by atoms with Gasteiger partial charge in [-0.2, -0.15) is 4.31 Å². The van der Waals surface area contributed by atoms with Crippen molar-refractivity contribution in [3.63, 3.8) is 0 Å². The fraction of sp³-hybridized carbons (Fsp3) is 0.455. The molecule has 7 heteroatoms. The lowest BCUT2D eigenvalue weighted by molar-refractivity contribution is 0.459. The number of halogens is 2. The Morgan fingerprint density at radius 1 is 1.44 bits per heavy atom. The van der Waals surface area contributed by atoms with E-state index in [1.54, 1.807) is 18.2 Å². The maximum Gasteiger partial charge on any atom is 0.243 e. The van der Waals surface area contributed by atoms with E-state index in [0.29, 0.717) is 24.5 Å². The van der Waals surface area contributed by atoms with Gasteiger partial charge in [-0.3, -0.25) is 0 Å². The van der Waals surface area contributed by atoms with Crippen molar-refractivity contribution in [3.05, 3.63) is 28.7 Å². The highest BCUT2D eigenvalue weighted by atomic mass is 79.9. The summed E-state index contributed by atoms with van der Waals surface area (Å²) in [4.78, 5) is 0.338. The third-order valence-corrected chi connectivity index (χ3v) is 5.37. The van der Waals surface area contributed by atoms with Gasteiger partial charge in [-0.1, -0.05) is 22.0 Å². The minimum atomic E-state index is -3.36. The van der Waals surface area contributed by atoms with Gasteiger partial charge in [-0.15, -0.1) is 12.4 Å². The van der Waals surface area contributed by atoms with Crippen LogP contribution < -0.4 is 5.73 Å². The number of sulfonamides is 1. The smallest absolute Gasteiger partial charge is 0.243 e. The standard InChI is InChI=1S/C11H15BrN2O2S.ClH/c12-10-2-1-3-11(6-10)17(15,16)14-5-4-9(7-13)8-14;/h1-3,6,9H,4-5,7-8,13H2;1H. The summed E-state index contributed by atoms with van der Waals surface area (Å²) in [6.45, 7) is 1.65. The summed E-state index contributed by atoms with van der Waals surface area (Å²) in [6.07, 6.45) is 0.851. The quantitative estimate of drug-likeness (QED) is 0.900. The maximum absolute atomic E-state index is 12.3. The summed E-state index contributed by atoms with van der Waals surface area (Å²) in [5.74, 6) is 0.289. The second-order valence-electron chi connectivity index (χ2n) is 4.21. The number of hydrogen-bond donors (Lipinski definition) is 1. The van der Waals surface area contributed by atoms with Gasteiger partial charge in [0.15, 0.2) is 0 Å². The van der Waals surface area contributed by atoms with Crippen molar-refractivity contribution in [2.24, 2.45) is 11.7 Å². The van der Waals surface area contributed by atoms with Crippen LogP contribution in [-0.4, -0.2) is 32.4 Å². The zero-order chi connectivity index (χ0) is 12.5. The van der Waals surface area contributed by atoms with Gasteiger partial charge in [0.2, 0.25) is 10.0 Å². The Bertz CT molecular complexity index is 510. The summed E-state index contributed by atoms with van der Waals surface area (Å²) in [5.41, 5.74) is 5.57. The van der Waals surface area contributed by atoms with E-state index in [1.807, 2.05) is 6.07 Å². The monoisotopic (exact) mass is 354 g/mol. The first kappa shape index (κ1) is 15.9. The van der Waals surface area contributed by atoms with Crippen molar-refractivity contribution in [3.8, 4) is 0 Å². The fourth-order valence-electron chi connectivity index (χ4n) is 1.98. The summed E-state index contributed by atoms with van der Waals surface area (Å²) in [5, 5.41) is 0. The molecule has 0 amide bonds. The molecule has 1 aromatic carbocycles. The lowest BCUT2D eigenvalue weighted by Gasteiger charge is -2.16. The van der Waals surface area contributed by atoms with E-state index in [-0.39, 0.29) is 18.3 Å². The molecular weight excluding hydrogens is 340 g/mol. The molecule has 0 aliphatic carbocycles. The van der Waals surface area contributed by atoms with E-state index in [0.717, 1.165) is 10.9 Å². The van der Waals surface area contributed by atoms with Crippen molar-refractivity contribution in [2.75, 3.05) is 19.6 Å². The minimum Gasteiger partial charge on any atom is -0.330 e. The molecule has 1 heterocycles. The van der Waals surface area contributed by atoms with Crippen molar-refractivity contribution in [1.82, 2.24) is 4.31 Å². The van der Waals surface area contributed by atoms with Crippen molar-refractivity contribution in [2.45, 2.75) is 11.3 Å². The van der Waals surface area contributed by atoms with Crippen LogP contribution in [0.25, 0.3) is 0 Å². The van der Waals surface area contributed by atoms with Crippen LogP contribution in [0.15, 0.2) is 33.6 Å². The van der Waals surface area contributed by atoms with E-state index in [4.69, 9.17) is 5.73 Å². The molecule has 2 N–H and O–H groups in total. The number of rotatable bonds is 3. The zero-order valence-electron chi connectivity index (χ0n) is 9.75. The first-order valence-corrected chi connectivity index (χ1v) is 7.73. The lowest BCUT2D eigenvalue weighted by Crippen LogP contribution is -2.30. The largest absolute Gasteiger partial charge is 0.330 e. The Balaban J connectivity index is 0.00000162. The van der Waals surface area contributed by atoms with Gasteiger partial charge in [0.05, 0.1) is 4.90 Å². The van der Waals surface area contributed by atoms with Crippen molar-refractivity contribution in [1.29, 1.82) is 0 Å². The lowest BCUT2D eigenvalue weighted by atomic mass is 10.1. The van der Waals surface area contributed by atoms with Gasteiger partial charge in [0.25, 0.3) is 0 Å². The number of nitrogens with two attached hydrogens (primary N) is 1. The van der Waals surface area contributed by atoms with Crippen LogP contribution in [0.3, 0.4) is 0 Å². The van der Waals surface area contributed by atoms with Gasteiger partial charge in [0.1, 0.15) is 0 Å². The molecule has 0 bridgehead atoms. The third kappa shape index (κ3) is 3.24. The second-order valence-corrected chi connectivity index (χ2v) is 7.06. The van der Waals surface area contributed by atoms with Crippen LogP contribution in [0.2, 0.25) is 0 Å². The van der Waals surface area contributed by atoms with Crippen molar-refractivity contribution >= 4 is 38.4 Å². The molecule has 1 fully saturated rings. The minimum absolute atomic E-state index is 0. The molecule has 0 radical (unpaired) electrons. The molecule has 102 valence electrons. The van der Waals surface area contributed by atoms with Crippen LogP contribution in [0.1, 0.15) is 6.42 Å². The van der Waals surface area contributed by atoms with Gasteiger partial charge < -0.3 is 5.73 Å². The Morgan fingerprint density at radius 2 is 2.17 bits per heavy atom. The molecule has 1 unspecified atom stereocenters. The molecule has 18 heavy (non-hydrogen) atoms. The molecule has 1 aromatic rings. The first-order valence-electron chi connectivity index (χ1n) is 5.50. The molecule has 4 nitrogen and oxygen atoms in total. The zero-order valence-corrected chi connectivity index (χ0v) is 13.0. The highest BCUT2D eigenvalue weighted by molar-refractivity contribution is 9.10. The Morgan fingerprint density at radius 3 is 2.72 bits per heavy atom. The predicted molar refractivity (Wildman–Crippen MR) is 77.3 cm³/mol. The van der Waals surface area contributed by atoms with Crippen LogP contribution in [0, 0.1) is 5.92 Å². The maximum atomic E-state index is 12.3. The summed E-state index contributed by atoms with van der Waals surface area (Å²) in [6, 6.07) is 6.79.